The van der Waals surface area contributed by atoms with Gasteiger partial charge in [-0.15, -0.1) is 0 Å². The van der Waals surface area contributed by atoms with Crippen LogP contribution in [0.4, 0.5) is 0 Å². The first kappa shape index (κ1) is 11.6. The molecule has 1 heterocycles. The van der Waals surface area contributed by atoms with Crippen LogP contribution in [0, 0.1) is 5.92 Å². The van der Waals surface area contributed by atoms with Crippen molar-refractivity contribution in [2.45, 2.75) is 13.3 Å². The summed E-state index contributed by atoms with van der Waals surface area (Å²) in [4.78, 5) is 0. The fourth-order valence-electron chi connectivity index (χ4n) is 1.14. The van der Waals surface area contributed by atoms with Gasteiger partial charge in [-0.1, -0.05) is 6.92 Å². The third-order valence-corrected chi connectivity index (χ3v) is 3.40. The molecule has 1 unspecified atom stereocenters. The van der Waals surface area contributed by atoms with E-state index in [0.717, 1.165) is 24.5 Å². The molecule has 0 spiro atoms. The number of nitrogens with two attached hydrogens (primary N) is 1. The number of thioether (sulfide) groups is 1. The van der Waals surface area contributed by atoms with Gasteiger partial charge in [0.1, 0.15) is 0 Å². The normalized spacial score (nSPS) is 13.1. The van der Waals surface area contributed by atoms with E-state index in [2.05, 4.69) is 18.2 Å². The molecule has 0 aliphatic carbocycles. The highest BCUT2D eigenvalue weighted by molar-refractivity contribution is 7.99. The zero-order valence-corrected chi connectivity index (χ0v) is 9.76. The molecule has 0 aliphatic heterocycles. The number of nitrogens with zero attached hydrogens (tertiary/aromatic N) is 2. The largest absolute Gasteiger partial charge is 0.330 e. The van der Waals surface area contributed by atoms with Gasteiger partial charge < -0.3 is 5.73 Å². The number of hydrogen-bond acceptors (Lipinski definition) is 3. The van der Waals surface area contributed by atoms with E-state index < -0.39 is 0 Å². The van der Waals surface area contributed by atoms with Gasteiger partial charge in [-0.3, -0.25) is 4.68 Å². The molecular formula is C10H19N3S. The van der Waals surface area contributed by atoms with Gasteiger partial charge in [0, 0.05) is 13.2 Å². The number of aryl methyl sites for hydroxylation is 2. The van der Waals surface area contributed by atoms with Crippen molar-refractivity contribution in [2.75, 3.05) is 18.1 Å². The van der Waals surface area contributed by atoms with Crippen molar-refractivity contribution in [1.29, 1.82) is 0 Å². The quantitative estimate of drug-likeness (QED) is 0.724. The van der Waals surface area contributed by atoms with Crippen LogP contribution in [-0.4, -0.2) is 27.8 Å². The Bertz CT molecular complexity index is 260. The number of aromatic nitrogens is 2. The molecule has 1 aromatic heterocycles. The molecule has 0 fully saturated rings. The van der Waals surface area contributed by atoms with Crippen molar-refractivity contribution in [2.24, 2.45) is 18.7 Å². The summed E-state index contributed by atoms with van der Waals surface area (Å²) in [7, 11) is 1.95. The zero-order valence-electron chi connectivity index (χ0n) is 8.94. The highest BCUT2D eigenvalue weighted by Crippen LogP contribution is 2.09. The predicted octanol–water partition coefficient (Wildman–Crippen LogP) is 1.29. The molecule has 0 aliphatic rings. The lowest BCUT2D eigenvalue weighted by atomic mass is 10.2. The topological polar surface area (TPSA) is 43.8 Å². The lowest BCUT2D eigenvalue weighted by molar-refractivity contribution is 0.675. The van der Waals surface area contributed by atoms with Crippen molar-refractivity contribution < 1.29 is 0 Å². The standard InChI is InChI=1S/C10H19N3S/c1-9(5-11)8-14-4-3-10-6-12-13(2)7-10/h6-7,9H,3-5,8,11H2,1-2H3. The highest BCUT2D eigenvalue weighted by Gasteiger charge is 2.00. The van der Waals surface area contributed by atoms with E-state index in [0.29, 0.717) is 5.92 Å². The minimum atomic E-state index is 0.633. The fourth-order valence-corrected chi connectivity index (χ4v) is 2.23. The summed E-state index contributed by atoms with van der Waals surface area (Å²) < 4.78 is 1.85. The Hall–Kier alpha value is -0.480. The third-order valence-electron chi connectivity index (χ3n) is 2.10. The summed E-state index contributed by atoms with van der Waals surface area (Å²) in [5, 5.41) is 4.13. The Morgan fingerprint density at radius 3 is 3.00 bits per heavy atom. The van der Waals surface area contributed by atoms with E-state index in [9.17, 15) is 0 Å². The van der Waals surface area contributed by atoms with Crippen LogP contribution < -0.4 is 5.73 Å². The first-order chi connectivity index (χ1) is 6.72. The van der Waals surface area contributed by atoms with Crippen LogP contribution in [0.3, 0.4) is 0 Å². The van der Waals surface area contributed by atoms with Gasteiger partial charge in [0.05, 0.1) is 6.20 Å². The van der Waals surface area contributed by atoms with E-state index in [-0.39, 0.29) is 0 Å². The minimum Gasteiger partial charge on any atom is -0.330 e. The van der Waals surface area contributed by atoms with Gasteiger partial charge in [0.15, 0.2) is 0 Å². The summed E-state index contributed by atoms with van der Waals surface area (Å²) >= 11 is 1.97. The van der Waals surface area contributed by atoms with Gasteiger partial charge in [0.2, 0.25) is 0 Å². The predicted molar refractivity (Wildman–Crippen MR) is 62.5 cm³/mol. The lowest BCUT2D eigenvalue weighted by Crippen LogP contribution is -2.13. The number of hydrogen-bond donors (Lipinski definition) is 1. The minimum absolute atomic E-state index is 0.633. The van der Waals surface area contributed by atoms with E-state index in [1.165, 1.54) is 5.56 Å². The first-order valence-corrected chi connectivity index (χ1v) is 6.13. The summed E-state index contributed by atoms with van der Waals surface area (Å²) in [5.74, 6) is 2.96. The van der Waals surface area contributed by atoms with Crippen molar-refractivity contribution in [3.05, 3.63) is 18.0 Å². The van der Waals surface area contributed by atoms with E-state index in [1.54, 1.807) is 0 Å². The third kappa shape index (κ3) is 4.15. The van der Waals surface area contributed by atoms with Crippen molar-refractivity contribution in [3.63, 3.8) is 0 Å². The fraction of sp³-hybridized carbons (Fsp3) is 0.700. The maximum absolute atomic E-state index is 5.54. The van der Waals surface area contributed by atoms with Crippen molar-refractivity contribution in [1.82, 2.24) is 9.78 Å². The smallest absolute Gasteiger partial charge is 0.0521 e. The maximum atomic E-state index is 5.54. The second-order valence-corrected chi connectivity index (χ2v) is 4.84. The van der Waals surface area contributed by atoms with Crippen LogP contribution in [-0.2, 0) is 13.5 Å². The molecule has 0 radical (unpaired) electrons. The summed E-state index contributed by atoms with van der Waals surface area (Å²) in [6.45, 7) is 2.98. The Labute approximate surface area is 90.1 Å². The molecule has 80 valence electrons. The van der Waals surface area contributed by atoms with E-state index >= 15 is 0 Å². The second-order valence-electron chi connectivity index (χ2n) is 3.69. The molecule has 4 heteroatoms. The van der Waals surface area contributed by atoms with Crippen LogP contribution in [0.2, 0.25) is 0 Å². The summed E-state index contributed by atoms with van der Waals surface area (Å²) in [6.07, 6.45) is 5.12. The molecule has 0 saturated carbocycles. The van der Waals surface area contributed by atoms with Crippen LogP contribution in [0.5, 0.6) is 0 Å². The molecular weight excluding hydrogens is 194 g/mol. The Morgan fingerprint density at radius 1 is 1.64 bits per heavy atom. The lowest BCUT2D eigenvalue weighted by Gasteiger charge is -2.06. The van der Waals surface area contributed by atoms with Gasteiger partial charge in [0.25, 0.3) is 0 Å². The van der Waals surface area contributed by atoms with Crippen molar-refractivity contribution >= 4 is 11.8 Å². The molecule has 14 heavy (non-hydrogen) atoms. The Balaban J connectivity index is 2.10. The van der Waals surface area contributed by atoms with Gasteiger partial charge in [-0.05, 0) is 36.0 Å². The molecule has 2 N–H and O–H groups in total. The van der Waals surface area contributed by atoms with E-state index in [1.807, 2.05) is 29.7 Å². The number of rotatable bonds is 6. The molecule has 0 aromatic carbocycles. The second kappa shape index (κ2) is 6.09. The zero-order chi connectivity index (χ0) is 10.4. The van der Waals surface area contributed by atoms with Crippen LogP contribution >= 0.6 is 11.8 Å². The van der Waals surface area contributed by atoms with Crippen LogP contribution in [0.25, 0.3) is 0 Å². The molecule has 1 rings (SSSR count). The molecule has 0 saturated heterocycles. The average molecular weight is 213 g/mol. The van der Waals surface area contributed by atoms with Crippen molar-refractivity contribution in [3.8, 4) is 0 Å². The molecule has 3 nitrogen and oxygen atoms in total. The Morgan fingerprint density at radius 2 is 2.43 bits per heavy atom. The average Bonchev–Trinajstić information content (AvgIpc) is 2.58. The molecule has 0 amide bonds. The molecule has 0 bridgehead atoms. The van der Waals surface area contributed by atoms with E-state index in [4.69, 9.17) is 5.73 Å². The van der Waals surface area contributed by atoms with Crippen LogP contribution in [0.1, 0.15) is 12.5 Å². The molecule has 1 atom stereocenters. The first-order valence-electron chi connectivity index (χ1n) is 4.97. The Kier molecular flexibility index (Phi) is 5.04. The van der Waals surface area contributed by atoms with Gasteiger partial charge >= 0.3 is 0 Å². The van der Waals surface area contributed by atoms with Gasteiger partial charge in [-0.25, -0.2) is 0 Å². The monoisotopic (exact) mass is 213 g/mol. The van der Waals surface area contributed by atoms with Gasteiger partial charge in [-0.2, -0.15) is 16.9 Å². The SMILES string of the molecule is CC(CN)CSCCc1cnn(C)c1. The summed E-state index contributed by atoms with van der Waals surface area (Å²) in [5.41, 5.74) is 6.86. The van der Waals surface area contributed by atoms with Crippen LogP contribution in [0.15, 0.2) is 12.4 Å². The molecule has 1 aromatic rings. The summed E-state index contributed by atoms with van der Waals surface area (Å²) in [6, 6.07) is 0. The highest BCUT2D eigenvalue weighted by atomic mass is 32.2. The maximum Gasteiger partial charge on any atom is 0.0521 e.